The third-order valence-electron chi connectivity index (χ3n) is 2.97. The Balaban J connectivity index is 2.35. The Morgan fingerprint density at radius 1 is 1.33 bits per heavy atom. The second kappa shape index (κ2) is 7.41. The van der Waals surface area contributed by atoms with Crippen LogP contribution in [0.4, 0.5) is 9.18 Å². The fourth-order valence-electron chi connectivity index (χ4n) is 1.75. The minimum absolute atomic E-state index is 0.0950. The molecule has 1 rings (SSSR count). The van der Waals surface area contributed by atoms with E-state index >= 15 is 0 Å². The summed E-state index contributed by atoms with van der Waals surface area (Å²) in [5.41, 5.74) is 0.525. The molecule has 1 atom stereocenters. The summed E-state index contributed by atoms with van der Waals surface area (Å²) >= 11 is 0. The highest BCUT2D eigenvalue weighted by molar-refractivity contribution is 5.67. The zero-order valence-corrected chi connectivity index (χ0v) is 13.4. The minimum Gasteiger partial charge on any atom is -0.444 e. The Labute approximate surface area is 126 Å². The molecule has 0 aliphatic rings. The number of carbonyl (C=O) groups is 1. The lowest BCUT2D eigenvalue weighted by Gasteiger charge is -2.25. The van der Waals surface area contributed by atoms with Crippen molar-refractivity contribution in [3.63, 3.8) is 0 Å². The summed E-state index contributed by atoms with van der Waals surface area (Å²) in [5.74, 6) is -0.240. The maximum Gasteiger partial charge on any atom is 0.410 e. The highest BCUT2D eigenvalue weighted by Gasteiger charge is 2.19. The second-order valence-electron chi connectivity index (χ2n) is 6.13. The van der Waals surface area contributed by atoms with Gasteiger partial charge in [-0.3, -0.25) is 0 Å². The predicted molar refractivity (Wildman–Crippen MR) is 81.7 cm³/mol. The van der Waals surface area contributed by atoms with Crippen LogP contribution in [0.25, 0.3) is 0 Å². The number of nitrogens with zero attached hydrogens (tertiary/aromatic N) is 1. The Morgan fingerprint density at radius 2 is 1.90 bits per heavy atom. The molecule has 5 heteroatoms. The quantitative estimate of drug-likeness (QED) is 0.906. The van der Waals surface area contributed by atoms with Crippen molar-refractivity contribution in [2.75, 3.05) is 20.1 Å². The molecule has 0 spiro atoms. The number of halogens is 1. The van der Waals surface area contributed by atoms with E-state index in [9.17, 15) is 9.18 Å². The van der Waals surface area contributed by atoms with E-state index in [0.29, 0.717) is 13.1 Å². The highest BCUT2D eigenvalue weighted by atomic mass is 19.1. The van der Waals surface area contributed by atoms with Gasteiger partial charge in [-0.05, 0) is 45.4 Å². The van der Waals surface area contributed by atoms with E-state index in [-0.39, 0.29) is 18.0 Å². The molecule has 0 aliphatic heterocycles. The van der Waals surface area contributed by atoms with Crippen molar-refractivity contribution in [3.8, 4) is 0 Å². The molecule has 0 bridgehead atoms. The van der Waals surface area contributed by atoms with Gasteiger partial charge < -0.3 is 15.0 Å². The fourth-order valence-corrected chi connectivity index (χ4v) is 1.75. The molecule has 0 fully saturated rings. The lowest BCUT2D eigenvalue weighted by Crippen LogP contribution is -2.38. The van der Waals surface area contributed by atoms with Crippen molar-refractivity contribution in [2.24, 2.45) is 0 Å². The summed E-state index contributed by atoms with van der Waals surface area (Å²) < 4.78 is 18.1. The Hall–Kier alpha value is -1.62. The third kappa shape index (κ3) is 6.58. The zero-order valence-electron chi connectivity index (χ0n) is 13.4. The van der Waals surface area contributed by atoms with Crippen molar-refractivity contribution in [1.82, 2.24) is 10.2 Å². The summed E-state index contributed by atoms with van der Waals surface area (Å²) in [6.07, 6.45) is -0.335. The Bertz CT molecular complexity index is 454. The predicted octanol–water partition coefficient (Wildman–Crippen LogP) is 3.34. The summed E-state index contributed by atoms with van der Waals surface area (Å²) in [5, 5.41) is 3.30. The summed E-state index contributed by atoms with van der Waals surface area (Å²) in [7, 11) is 1.71. The third-order valence-corrected chi connectivity index (χ3v) is 2.97. The average Bonchev–Trinajstić information content (AvgIpc) is 2.37. The van der Waals surface area contributed by atoms with Crippen LogP contribution < -0.4 is 5.32 Å². The standard InChI is InChI=1S/C16H25FN2O2/c1-12(13-6-8-14(17)9-7-13)18-10-11-19(5)15(20)21-16(2,3)4/h6-9,12,18H,10-11H2,1-5H3. The van der Waals surface area contributed by atoms with Crippen LogP contribution in [0.1, 0.15) is 39.3 Å². The van der Waals surface area contributed by atoms with Gasteiger partial charge in [0.15, 0.2) is 0 Å². The minimum atomic E-state index is -0.486. The molecule has 1 unspecified atom stereocenters. The van der Waals surface area contributed by atoms with Gasteiger partial charge in [0, 0.05) is 26.2 Å². The number of ether oxygens (including phenoxy) is 1. The molecule has 1 aromatic carbocycles. The number of hydrogen-bond acceptors (Lipinski definition) is 3. The topological polar surface area (TPSA) is 41.6 Å². The van der Waals surface area contributed by atoms with Crippen molar-refractivity contribution in [1.29, 1.82) is 0 Å². The zero-order chi connectivity index (χ0) is 16.0. The van der Waals surface area contributed by atoms with Crippen molar-refractivity contribution in [2.45, 2.75) is 39.3 Å². The SMILES string of the molecule is CC(NCCN(C)C(=O)OC(C)(C)C)c1ccc(F)cc1. The van der Waals surface area contributed by atoms with E-state index in [0.717, 1.165) is 5.56 Å². The van der Waals surface area contributed by atoms with Crippen LogP contribution in [0.5, 0.6) is 0 Å². The van der Waals surface area contributed by atoms with Crippen LogP contribution >= 0.6 is 0 Å². The first kappa shape index (κ1) is 17.4. The monoisotopic (exact) mass is 296 g/mol. The van der Waals surface area contributed by atoms with E-state index in [1.165, 1.54) is 17.0 Å². The molecule has 0 saturated carbocycles. The number of carbonyl (C=O) groups excluding carboxylic acids is 1. The first-order chi connectivity index (χ1) is 9.69. The van der Waals surface area contributed by atoms with Gasteiger partial charge in [0.05, 0.1) is 0 Å². The molecule has 0 radical (unpaired) electrons. The molecule has 118 valence electrons. The number of likely N-dealkylation sites (N-methyl/N-ethyl adjacent to an activating group) is 1. The van der Waals surface area contributed by atoms with E-state index in [2.05, 4.69) is 5.32 Å². The molecule has 0 aliphatic carbocycles. The molecular weight excluding hydrogens is 271 g/mol. The largest absolute Gasteiger partial charge is 0.444 e. The lowest BCUT2D eigenvalue weighted by atomic mass is 10.1. The van der Waals surface area contributed by atoms with Gasteiger partial charge in [0.2, 0.25) is 0 Å². The molecule has 0 heterocycles. The number of amides is 1. The second-order valence-corrected chi connectivity index (χ2v) is 6.13. The lowest BCUT2D eigenvalue weighted by molar-refractivity contribution is 0.0299. The maximum absolute atomic E-state index is 12.9. The number of nitrogens with one attached hydrogen (secondary N) is 1. The van der Waals surface area contributed by atoms with Gasteiger partial charge in [-0.1, -0.05) is 12.1 Å². The van der Waals surface area contributed by atoms with Crippen molar-refractivity contribution >= 4 is 6.09 Å². The van der Waals surface area contributed by atoms with E-state index in [1.807, 2.05) is 27.7 Å². The van der Waals surface area contributed by atoms with E-state index < -0.39 is 5.60 Å². The maximum atomic E-state index is 12.9. The summed E-state index contributed by atoms with van der Waals surface area (Å²) in [6.45, 7) is 8.70. The summed E-state index contributed by atoms with van der Waals surface area (Å²) in [4.78, 5) is 13.3. The van der Waals surface area contributed by atoms with Gasteiger partial charge >= 0.3 is 6.09 Å². The fraction of sp³-hybridized carbons (Fsp3) is 0.562. The van der Waals surface area contributed by atoms with E-state index in [1.54, 1.807) is 19.2 Å². The van der Waals surface area contributed by atoms with Crippen molar-refractivity contribution < 1.29 is 13.9 Å². The Kier molecular flexibility index (Phi) is 6.15. The first-order valence-electron chi connectivity index (χ1n) is 7.12. The number of benzene rings is 1. The molecule has 1 N–H and O–H groups in total. The van der Waals surface area contributed by atoms with Crippen LogP contribution in [0.2, 0.25) is 0 Å². The average molecular weight is 296 g/mol. The van der Waals surface area contributed by atoms with Gasteiger partial charge in [-0.15, -0.1) is 0 Å². The van der Waals surface area contributed by atoms with Gasteiger partial charge in [-0.2, -0.15) is 0 Å². The number of rotatable bonds is 5. The van der Waals surface area contributed by atoms with Crippen LogP contribution in [0.15, 0.2) is 24.3 Å². The highest BCUT2D eigenvalue weighted by Crippen LogP contribution is 2.12. The van der Waals surface area contributed by atoms with Crippen LogP contribution in [0.3, 0.4) is 0 Å². The molecule has 0 saturated heterocycles. The molecule has 0 aromatic heterocycles. The van der Waals surface area contributed by atoms with Crippen LogP contribution in [0, 0.1) is 5.82 Å². The summed E-state index contributed by atoms with van der Waals surface area (Å²) in [6, 6.07) is 6.49. The van der Waals surface area contributed by atoms with Crippen LogP contribution in [-0.2, 0) is 4.74 Å². The number of hydrogen-bond donors (Lipinski definition) is 1. The van der Waals surface area contributed by atoms with E-state index in [4.69, 9.17) is 4.74 Å². The van der Waals surface area contributed by atoms with Gasteiger partial charge in [0.25, 0.3) is 0 Å². The first-order valence-corrected chi connectivity index (χ1v) is 7.12. The molecule has 1 aromatic rings. The molecular formula is C16H25FN2O2. The smallest absolute Gasteiger partial charge is 0.410 e. The van der Waals surface area contributed by atoms with Crippen molar-refractivity contribution in [3.05, 3.63) is 35.6 Å². The van der Waals surface area contributed by atoms with Gasteiger partial charge in [0.1, 0.15) is 11.4 Å². The van der Waals surface area contributed by atoms with Crippen LogP contribution in [-0.4, -0.2) is 36.7 Å². The molecule has 21 heavy (non-hydrogen) atoms. The molecule has 4 nitrogen and oxygen atoms in total. The Morgan fingerprint density at radius 3 is 2.43 bits per heavy atom. The normalized spacial score (nSPS) is 12.9. The molecule has 1 amide bonds. The van der Waals surface area contributed by atoms with Gasteiger partial charge in [-0.25, -0.2) is 9.18 Å².